The quantitative estimate of drug-likeness (QED) is 0.297. The summed E-state index contributed by atoms with van der Waals surface area (Å²) in [5, 5.41) is 6.56. The Morgan fingerprint density at radius 1 is 1.14 bits per heavy atom. The van der Waals surface area contributed by atoms with Crippen LogP contribution < -0.4 is 10.1 Å². The van der Waals surface area contributed by atoms with Gasteiger partial charge in [-0.3, -0.25) is 34.0 Å². The summed E-state index contributed by atoms with van der Waals surface area (Å²) in [6.07, 6.45) is 9.80. The van der Waals surface area contributed by atoms with Gasteiger partial charge in [0.1, 0.15) is 17.5 Å². The van der Waals surface area contributed by atoms with Crippen LogP contribution in [0.2, 0.25) is 0 Å². The minimum atomic E-state index is -0.773. The zero-order valence-electron chi connectivity index (χ0n) is 20.9. The summed E-state index contributed by atoms with van der Waals surface area (Å²) in [5.74, 6) is -0.255. The number of benzene rings is 1. The van der Waals surface area contributed by atoms with Gasteiger partial charge in [0.05, 0.1) is 18.2 Å². The van der Waals surface area contributed by atoms with Crippen LogP contribution in [0.1, 0.15) is 88.6 Å². The van der Waals surface area contributed by atoms with Crippen LogP contribution in [0.25, 0.3) is 0 Å². The number of rotatable bonds is 10. The van der Waals surface area contributed by atoms with Crippen molar-refractivity contribution < 1.29 is 28.7 Å². The molecule has 3 amide bonds. The Morgan fingerprint density at radius 2 is 1.92 bits per heavy atom. The molecule has 10 nitrogen and oxygen atoms in total. The van der Waals surface area contributed by atoms with Crippen molar-refractivity contribution in [1.29, 1.82) is 0 Å². The van der Waals surface area contributed by atoms with Crippen LogP contribution >= 0.6 is 0 Å². The maximum atomic E-state index is 13.1. The van der Waals surface area contributed by atoms with Crippen LogP contribution in [-0.4, -0.2) is 64.7 Å². The van der Waals surface area contributed by atoms with Gasteiger partial charge in [-0.15, -0.1) is 0 Å². The van der Waals surface area contributed by atoms with E-state index in [-0.39, 0.29) is 29.9 Å². The second-order valence-electron chi connectivity index (χ2n) is 9.75. The van der Waals surface area contributed by atoms with Gasteiger partial charge in [-0.05, 0) is 75.1 Å². The normalized spacial score (nSPS) is 21.7. The number of likely N-dealkylation sites (N-methyl/N-ethyl adjacent to an activating group) is 1. The first-order valence-electron chi connectivity index (χ1n) is 12.7. The van der Waals surface area contributed by atoms with E-state index >= 15 is 0 Å². The minimum absolute atomic E-state index is 0.156. The lowest BCUT2D eigenvalue weighted by molar-refractivity contribution is -0.136. The lowest BCUT2D eigenvalue weighted by Crippen LogP contribution is -2.53. The molecule has 4 rings (SSSR count). The fourth-order valence-electron chi connectivity index (χ4n) is 5.18. The van der Waals surface area contributed by atoms with Crippen LogP contribution in [0.5, 0.6) is 5.75 Å². The molecule has 1 aromatic heterocycles. The molecule has 10 heteroatoms. The number of nitrogens with one attached hydrogen (secondary N) is 1. The molecule has 37 heavy (non-hydrogen) atoms. The van der Waals surface area contributed by atoms with Gasteiger partial charge in [0.2, 0.25) is 11.8 Å². The monoisotopic (exact) mass is 508 g/mol. The van der Waals surface area contributed by atoms with Crippen molar-refractivity contribution in [2.45, 2.75) is 63.5 Å². The van der Waals surface area contributed by atoms with Crippen molar-refractivity contribution in [2.24, 2.45) is 5.92 Å². The van der Waals surface area contributed by atoms with E-state index in [9.17, 15) is 24.0 Å². The molecule has 2 aromatic rings. The van der Waals surface area contributed by atoms with Gasteiger partial charge >= 0.3 is 0 Å². The first kappa shape index (κ1) is 26.2. The Bertz CT molecular complexity index is 1170. The smallest absolute Gasteiger partial charge is 0.255 e. The number of carbonyl (C=O) groups excluding carboxylic acids is 5. The third-order valence-corrected chi connectivity index (χ3v) is 7.35. The Hall–Kier alpha value is -3.82. The summed E-state index contributed by atoms with van der Waals surface area (Å²) < 4.78 is 7.80. The van der Waals surface area contributed by atoms with E-state index in [1.165, 1.54) is 18.0 Å². The molecule has 0 radical (unpaired) electrons. The molecule has 0 spiro atoms. The summed E-state index contributed by atoms with van der Waals surface area (Å²) in [6.45, 7) is 0.485. The number of hydrogen-bond acceptors (Lipinski definition) is 7. The Balaban J connectivity index is 1.27. The average Bonchev–Trinajstić information content (AvgIpc) is 3.40. The van der Waals surface area contributed by atoms with Gasteiger partial charge in [0.15, 0.2) is 12.6 Å². The van der Waals surface area contributed by atoms with E-state index in [1.807, 2.05) is 10.9 Å². The maximum Gasteiger partial charge on any atom is 0.255 e. The molecule has 1 saturated carbocycles. The van der Waals surface area contributed by atoms with E-state index in [0.29, 0.717) is 36.3 Å². The molecule has 2 fully saturated rings. The summed E-state index contributed by atoms with van der Waals surface area (Å²) in [6, 6.07) is 6.05. The van der Waals surface area contributed by atoms with Crippen LogP contribution in [0.4, 0.5) is 0 Å². The van der Waals surface area contributed by atoms with Crippen molar-refractivity contribution in [1.82, 2.24) is 20.0 Å². The predicted molar refractivity (Wildman–Crippen MR) is 133 cm³/mol. The van der Waals surface area contributed by atoms with Crippen LogP contribution in [0.15, 0.2) is 30.5 Å². The number of aromatic nitrogens is 2. The highest BCUT2D eigenvalue weighted by Crippen LogP contribution is 2.34. The lowest BCUT2D eigenvalue weighted by atomic mass is 9.83. The van der Waals surface area contributed by atoms with Gasteiger partial charge in [0, 0.05) is 25.2 Å². The fraction of sp³-hybridized carbons (Fsp3) is 0.481. The van der Waals surface area contributed by atoms with E-state index in [0.717, 1.165) is 44.8 Å². The van der Waals surface area contributed by atoms with Gasteiger partial charge < -0.3 is 9.64 Å². The van der Waals surface area contributed by atoms with Gasteiger partial charge in [-0.1, -0.05) is 0 Å². The van der Waals surface area contributed by atoms with Crippen LogP contribution in [-0.2, 0) is 9.59 Å². The molecule has 1 aliphatic carbocycles. The molecular formula is C27H32N4O6. The largest absolute Gasteiger partial charge is 0.494 e. The average molecular weight is 509 g/mol. The zero-order valence-corrected chi connectivity index (χ0v) is 20.9. The standard InChI is InChI=1S/C27H32N4O6/c1-30(24-10-11-25(34)28-26(24)35)27(36)23-15-22(9-6-19(23)16-32)37-14-2-3-18-4-7-21(8-5-18)31-13-12-20(17-33)29-31/h6,9,12-13,15-18,21,24H,2-5,7-8,10-11,14H2,1H3,(H,28,34,35). The molecule has 1 N–H and O–H groups in total. The number of piperidine rings is 1. The zero-order chi connectivity index (χ0) is 26.4. The second-order valence-corrected chi connectivity index (χ2v) is 9.75. The highest BCUT2D eigenvalue weighted by molar-refractivity contribution is 6.06. The molecule has 196 valence electrons. The summed E-state index contributed by atoms with van der Waals surface area (Å²) in [7, 11) is 1.49. The first-order valence-corrected chi connectivity index (χ1v) is 12.7. The molecule has 1 saturated heterocycles. The van der Waals surface area contributed by atoms with Crippen LogP contribution in [0.3, 0.4) is 0 Å². The summed E-state index contributed by atoms with van der Waals surface area (Å²) >= 11 is 0. The number of carbonyl (C=O) groups is 5. The van der Waals surface area contributed by atoms with Crippen molar-refractivity contribution in [3.8, 4) is 5.75 Å². The number of nitrogens with zero attached hydrogens (tertiary/aromatic N) is 3. The Kier molecular flexibility index (Phi) is 8.47. The third-order valence-electron chi connectivity index (χ3n) is 7.35. The van der Waals surface area contributed by atoms with E-state index in [2.05, 4.69) is 10.4 Å². The number of amides is 3. The highest BCUT2D eigenvalue weighted by Gasteiger charge is 2.33. The number of aldehydes is 2. The SMILES string of the molecule is CN(C(=O)c1cc(OCCCC2CCC(n3ccc(C=O)n3)CC2)ccc1C=O)C1CCC(=O)NC1=O. The van der Waals surface area contributed by atoms with Crippen molar-refractivity contribution >= 4 is 30.3 Å². The summed E-state index contributed by atoms with van der Waals surface area (Å²) in [4.78, 5) is 60.4. The molecule has 1 atom stereocenters. The Morgan fingerprint density at radius 3 is 2.59 bits per heavy atom. The second kappa shape index (κ2) is 11.9. The molecule has 1 aliphatic heterocycles. The van der Waals surface area contributed by atoms with Crippen molar-refractivity contribution in [3.63, 3.8) is 0 Å². The van der Waals surface area contributed by atoms with E-state index in [1.54, 1.807) is 18.2 Å². The van der Waals surface area contributed by atoms with Crippen molar-refractivity contribution in [3.05, 3.63) is 47.3 Å². The fourth-order valence-corrected chi connectivity index (χ4v) is 5.18. The number of hydrogen-bond donors (Lipinski definition) is 1. The van der Waals surface area contributed by atoms with Gasteiger partial charge in [-0.2, -0.15) is 5.10 Å². The van der Waals surface area contributed by atoms with Gasteiger partial charge in [-0.25, -0.2) is 0 Å². The third kappa shape index (κ3) is 6.31. The van der Waals surface area contributed by atoms with Gasteiger partial charge in [0.25, 0.3) is 5.91 Å². The molecule has 0 bridgehead atoms. The molecule has 2 aliphatic rings. The minimum Gasteiger partial charge on any atom is -0.494 e. The molecular weight excluding hydrogens is 476 g/mol. The van der Waals surface area contributed by atoms with E-state index in [4.69, 9.17) is 4.74 Å². The Labute approximate surface area is 215 Å². The highest BCUT2D eigenvalue weighted by atomic mass is 16.5. The molecule has 1 unspecified atom stereocenters. The van der Waals surface area contributed by atoms with Crippen LogP contribution in [0, 0.1) is 5.92 Å². The number of ether oxygens (including phenoxy) is 1. The first-order chi connectivity index (χ1) is 17.9. The van der Waals surface area contributed by atoms with Crippen molar-refractivity contribution in [2.75, 3.05) is 13.7 Å². The predicted octanol–water partition coefficient (Wildman–Crippen LogP) is 2.98. The molecule has 2 heterocycles. The topological polar surface area (TPSA) is 128 Å². The number of imide groups is 1. The maximum absolute atomic E-state index is 13.1. The summed E-state index contributed by atoms with van der Waals surface area (Å²) in [5.41, 5.74) is 0.841. The lowest BCUT2D eigenvalue weighted by Gasteiger charge is -2.30. The molecule has 1 aromatic carbocycles. The van der Waals surface area contributed by atoms with E-state index < -0.39 is 17.9 Å².